The Morgan fingerprint density at radius 2 is 2.20 bits per heavy atom. The number of benzene rings is 1. The van der Waals surface area contributed by atoms with E-state index in [0.717, 1.165) is 9.04 Å². The predicted octanol–water partition coefficient (Wildman–Crippen LogP) is 2.62. The fourth-order valence-electron chi connectivity index (χ4n) is 1.35. The van der Waals surface area contributed by atoms with Crippen molar-refractivity contribution in [3.63, 3.8) is 0 Å². The Bertz CT molecular complexity index is 547. The monoisotopic (exact) mass is 277 g/mol. The van der Waals surface area contributed by atoms with Crippen LogP contribution in [0.5, 0.6) is 0 Å². The highest BCUT2D eigenvalue weighted by Crippen LogP contribution is 2.19. The van der Waals surface area contributed by atoms with Gasteiger partial charge in [-0.2, -0.15) is 0 Å². The Kier molecular flexibility index (Phi) is 2.60. The molecule has 0 saturated carbocycles. The molecule has 1 aromatic carbocycles. The summed E-state index contributed by atoms with van der Waals surface area (Å²) in [5.74, 6) is -0.761. The highest BCUT2D eigenvalue weighted by molar-refractivity contribution is 9.10. The molecule has 0 N–H and O–H groups in total. The molecule has 0 aliphatic carbocycles. The van der Waals surface area contributed by atoms with Gasteiger partial charge in [0.05, 0.1) is 12.1 Å². The van der Waals surface area contributed by atoms with Gasteiger partial charge in [0.2, 0.25) is 0 Å². The number of rotatable bonds is 2. The normalized spacial score (nSPS) is 11.5. The van der Waals surface area contributed by atoms with E-state index in [0.29, 0.717) is 11.1 Å². The Balaban J connectivity index is 2.63. The van der Waals surface area contributed by atoms with Crippen molar-refractivity contribution in [2.45, 2.75) is 13.0 Å². The second-order valence-electron chi connectivity index (χ2n) is 2.98. The predicted molar refractivity (Wildman–Crippen MR) is 54.2 cm³/mol. The lowest BCUT2D eigenvalue weighted by Crippen LogP contribution is -2.18. The summed E-state index contributed by atoms with van der Waals surface area (Å²) in [7, 11) is 0. The number of nitrogens with zero attached hydrogens (tertiary/aromatic N) is 1. The van der Waals surface area contributed by atoms with Crippen LogP contribution in [0.15, 0.2) is 31.9 Å². The molecule has 6 heteroatoms. The summed E-state index contributed by atoms with van der Waals surface area (Å²) in [5.41, 5.74) is 0.679. The maximum atomic E-state index is 12.2. The van der Waals surface area contributed by atoms with Crippen molar-refractivity contribution in [3.05, 3.63) is 33.2 Å². The third kappa shape index (κ3) is 1.94. The second kappa shape index (κ2) is 3.77. The molecule has 0 atom stereocenters. The van der Waals surface area contributed by atoms with Crippen molar-refractivity contribution in [3.8, 4) is 0 Å². The van der Waals surface area contributed by atoms with Crippen LogP contribution in [0.4, 0.5) is 8.78 Å². The van der Waals surface area contributed by atoms with Crippen molar-refractivity contribution in [2.75, 3.05) is 0 Å². The van der Waals surface area contributed by atoms with E-state index in [1.165, 1.54) is 0 Å². The number of hydrogen-bond acceptors (Lipinski definition) is 2. The van der Waals surface area contributed by atoms with Gasteiger partial charge >= 0.3 is 5.76 Å². The van der Waals surface area contributed by atoms with E-state index in [-0.39, 0.29) is 0 Å². The third-order valence-corrected chi connectivity index (χ3v) is 2.44. The van der Waals surface area contributed by atoms with Crippen LogP contribution < -0.4 is 5.76 Å². The van der Waals surface area contributed by atoms with Crippen LogP contribution in [0.25, 0.3) is 11.1 Å². The van der Waals surface area contributed by atoms with Crippen molar-refractivity contribution >= 4 is 27.0 Å². The molecule has 1 heterocycles. The number of alkyl halides is 2. The highest BCUT2D eigenvalue weighted by atomic mass is 79.9. The van der Waals surface area contributed by atoms with Gasteiger partial charge in [-0.05, 0) is 18.2 Å². The first-order valence-electron chi connectivity index (χ1n) is 4.15. The smallest absolute Gasteiger partial charge is 0.408 e. The fourth-order valence-corrected chi connectivity index (χ4v) is 1.69. The van der Waals surface area contributed by atoms with Crippen LogP contribution in [-0.4, -0.2) is 11.0 Å². The first kappa shape index (κ1) is 10.4. The Morgan fingerprint density at radius 1 is 1.47 bits per heavy atom. The molecule has 0 aliphatic heterocycles. The van der Waals surface area contributed by atoms with E-state index in [1.54, 1.807) is 18.2 Å². The zero-order chi connectivity index (χ0) is 11.0. The van der Waals surface area contributed by atoms with Crippen molar-refractivity contribution in [1.82, 2.24) is 4.57 Å². The molecule has 0 bridgehead atoms. The average Bonchev–Trinajstić information content (AvgIpc) is 2.41. The summed E-state index contributed by atoms with van der Waals surface area (Å²) in [6, 6.07) is 4.80. The second-order valence-corrected chi connectivity index (χ2v) is 3.90. The van der Waals surface area contributed by atoms with Crippen molar-refractivity contribution in [2.24, 2.45) is 0 Å². The van der Waals surface area contributed by atoms with Crippen LogP contribution in [0.1, 0.15) is 0 Å². The van der Waals surface area contributed by atoms with Crippen LogP contribution in [0, 0.1) is 0 Å². The van der Waals surface area contributed by atoms with Crippen molar-refractivity contribution < 1.29 is 13.2 Å². The molecule has 2 aromatic rings. The maximum Gasteiger partial charge on any atom is 0.420 e. The number of aromatic nitrogens is 1. The number of oxazole rings is 1. The first-order valence-corrected chi connectivity index (χ1v) is 4.94. The fraction of sp³-hybridized carbons (Fsp3) is 0.222. The topological polar surface area (TPSA) is 35.1 Å². The minimum atomic E-state index is -2.58. The summed E-state index contributed by atoms with van der Waals surface area (Å²) in [5, 5.41) is 0. The van der Waals surface area contributed by atoms with E-state index < -0.39 is 18.7 Å². The molecule has 15 heavy (non-hydrogen) atoms. The Morgan fingerprint density at radius 3 is 2.87 bits per heavy atom. The van der Waals surface area contributed by atoms with E-state index in [4.69, 9.17) is 4.42 Å². The quantitative estimate of drug-likeness (QED) is 0.846. The van der Waals surface area contributed by atoms with Gasteiger partial charge in [0, 0.05) is 4.47 Å². The lowest BCUT2D eigenvalue weighted by Gasteiger charge is -1.99. The molecule has 0 radical (unpaired) electrons. The number of hydrogen-bond donors (Lipinski definition) is 0. The van der Waals surface area contributed by atoms with Crippen LogP contribution in [0.2, 0.25) is 0 Å². The largest absolute Gasteiger partial charge is 0.420 e. The van der Waals surface area contributed by atoms with Gasteiger partial charge in [-0.25, -0.2) is 13.6 Å². The molecule has 0 amide bonds. The van der Waals surface area contributed by atoms with Gasteiger partial charge in [0.15, 0.2) is 5.58 Å². The molecule has 80 valence electrons. The molecular weight excluding hydrogens is 272 g/mol. The van der Waals surface area contributed by atoms with E-state index in [1.807, 2.05) is 0 Å². The van der Waals surface area contributed by atoms with Gasteiger partial charge in [-0.15, -0.1) is 0 Å². The van der Waals surface area contributed by atoms with E-state index >= 15 is 0 Å². The van der Waals surface area contributed by atoms with Crippen LogP contribution >= 0.6 is 15.9 Å². The van der Waals surface area contributed by atoms with Gasteiger partial charge in [-0.3, -0.25) is 4.57 Å². The highest BCUT2D eigenvalue weighted by Gasteiger charge is 2.13. The van der Waals surface area contributed by atoms with Gasteiger partial charge < -0.3 is 4.42 Å². The summed E-state index contributed by atoms with van der Waals surface area (Å²) in [4.78, 5) is 11.2. The maximum absolute atomic E-state index is 12.2. The molecule has 3 nitrogen and oxygen atoms in total. The summed E-state index contributed by atoms with van der Waals surface area (Å²) in [6.07, 6.45) is -2.58. The third-order valence-electron chi connectivity index (χ3n) is 1.95. The molecule has 2 rings (SSSR count). The van der Waals surface area contributed by atoms with E-state index in [9.17, 15) is 13.6 Å². The van der Waals surface area contributed by atoms with E-state index in [2.05, 4.69) is 15.9 Å². The number of halogens is 3. The summed E-state index contributed by atoms with van der Waals surface area (Å²) >= 11 is 3.20. The first-order chi connectivity index (χ1) is 7.08. The zero-order valence-corrected chi connectivity index (χ0v) is 9.00. The van der Waals surface area contributed by atoms with Crippen LogP contribution in [0.3, 0.4) is 0 Å². The Hall–Kier alpha value is -1.17. The zero-order valence-electron chi connectivity index (χ0n) is 7.41. The number of fused-ring (bicyclic) bond motifs is 1. The Labute approximate surface area is 91.4 Å². The average molecular weight is 278 g/mol. The molecule has 1 aromatic heterocycles. The molecular formula is C9H6BrF2NO2. The van der Waals surface area contributed by atoms with Crippen LogP contribution in [-0.2, 0) is 6.54 Å². The van der Waals surface area contributed by atoms with Gasteiger partial charge in [0.1, 0.15) is 0 Å². The molecule has 0 spiro atoms. The lowest BCUT2D eigenvalue weighted by atomic mass is 10.3. The standard InChI is InChI=1S/C9H6BrF2NO2/c10-5-1-2-6-7(3-5)15-9(14)13(6)4-8(11)12/h1-3,8H,4H2. The van der Waals surface area contributed by atoms with Gasteiger partial charge in [-0.1, -0.05) is 15.9 Å². The minimum absolute atomic E-state index is 0.301. The summed E-state index contributed by atoms with van der Waals surface area (Å²) in [6.45, 7) is -0.645. The van der Waals surface area contributed by atoms with Crippen molar-refractivity contribution in [1.29, 1.82) is 0 Å². The molecule has 0 saturated heterocycles. The molecule has 0 aliphatic rings. The summed E-state index contributed by atoms with van der Waals surface area (Å²) < 4.78 is 30.8. The SMILES string of the molecule is O=c1oc2cc(Br)ccc2n1CC(F)F. The molecule has 0 unspecified atom stereocenters. The minimum Gasteiger partial charge on any atom is -0.408 e. The van der Waals surface area contributed by atoms with Gasteiger partial charge in [0.25, 0.3) is 6.43 Å². The lowest BCUT2D eigenvalue weighted by molar-refractivity contribution is 0.125. The molecule has 0 fully saturated rings.